The van der Waals surface area contributed by atoms with Gasteiger partial charge in [0.1, 0.15) is 0 Å². The molecule has 0 aromatic heterocycles. The molecule has 0 aliphatic carbocycles. The average molecular weight is 882 g/mol. The fourth-order valence-electron chi connectivity index (χ4n) is 7.63. The van der Waals surface area contributed by atoms with E-state index in [1.807, 2.05) is 0 Å². The molecule has 0 radical (unpaired) electrons. The number of unbranched alkanes of at least 4 members (excludes halogenated alkanes) is 4. The third-order valence-electron chi connectivity index (χ3n) is 12.7. The summed E-state index contributed by atoms with van der Waals surface area (Å²) in [4.78, 5) is 58.0. The molecule has 4 atom stereocenters. The molecule has 0 rings (SSSR count). The molecule has 0 aliphatic heterocycles. The zero-order valence-electron chi connectivity index (χ0n) is 42.0. The van der Waals surface area contributed by atoms with Crippen LogP contribution < -0.4 is 0 Å². The van der Waals surface area contributed by atoms with Gasteiger partial charge in [0.25, 0.3) is 0 Å². The summed E-state index contributed by atoms with van der Waals surface area (Å²) in [6, 6.07) is 0. The second-order valence-electron chi connectivity index (χ2n) is 18.1. The molecule has 0 heterocycles. The number of rotatable bonds is 44. The van der Waals surface area contributed by atoms with Crippen LogP contribution in [0.15, 0.2) is 0 Å². The lowest BCUT2D eigenvalue weighted by molar-refractivity contribution is -0.147. The van der Waals surface area contributed by atoms with E-state index in [0.717, 1.165) is 142 Å². The number of carbonyl (C=O) groups excluding carboxylic acids is 4. The number of esters is 4. The maximum atomic E-state index is 12.8. The van der Waals surface area contributed by atoms with Crippen molar-refractivity contribution in [2.45, 2.75) is 197 Å². The second-order valence-corrected chi connectivity index (χ2v) is 18.1. The lowest BCUT2D eigenvalue weighted by Gasteiger charge is -2.25. The van der Waals surface area contributed by atoms with Crippen molar-refractivity contribution in [3.8, 4) is 0 Å². The Morgan fingerprint density at radius 3 is 0.806 bits per heavy atom. The molecule has 0 saturated carbocycles. The quantitative estimate of drug-likeness (QED) is 0.0430. The summed E-state index contributed by atoms with van der Waals surface area (Å²) >= 11 is 0. The van der Waals surface area contributed by atoms with Crippen molar-refractivity contribution in [3.63, 3.8) is 0 Å². The van der Waals surface area contributed by atoms with Gasteiger partial charge in [-0.05, 0) is 95.4 Å². The van der Waals surface area contributed by atoms with Gasteiger partial charge in [-0.3, -0.25) is 19.2 Å². The Balaban J connectivity index is 5.29. The predicted molar refractivity (Wildman–Crippen MR) is 255 cm³/mol. The van der Waals surface area contributed by atoms with Crippen LogP contribution in [0.4, 0.5) is 0 Å². The first-order valence-corrected chi connectivity index (χ1v) is 25.7. The van der Waals surface area contributed by atoms with Crippen LogP contribution >= 0.6 is 0 Å². The highest BCUT2D eigenvalue weighted by Crippen LogP contribution is 2.17. The average Bonchev–Trinajstić information content (AvgIpc) is 3.27. The number of hydrogen-bond donors (Lipinski definition) is 0. The Bertz CT molecular complexity index is 939. The van der Waals surface area contributed by atoms with Crippen LogP contribution in [0.3, 0.4) is 0 Å². The molecule has 62 heavy (non-hydrogen) atoms. The van der Waals surface area contributed by atoms with E-state index < -0.39 is 0 Å². The number of nitrogens with zero attached hydrogens (tertiary/aromatic N) is 3. The molecule has 11 heteroatoms. The molecule has 4 unspecified atom stereocenters. The Morgan fingerprint density at radius 1 is 0.355 bits per heavy atom. The van der Waals surface area contributed by atoms with Gasteiger partial charge in [-0.2, -0.15) is 0 Å². The molecular formula is C51H99N3O8. The van der Waals surface area contributed by atoms with Crippen LogP contribution in [0.25, 0.3) is 0 Å². The largest absolute Gasteiger partial charge is 0.465 e. The van der Waals surface area contributed by atoms with Gasteiger partial charge in [0, 0.05) is 26.2 Å². The smallest absolute Gasteiger partial charge is 0.307 e. The van der Waals surface area contributed by atoms with Gasteiger partial charge in [-0.1, -0.05) is 132 Å². The van der Waals surface area contributed by atoms with E-state index >= 15 is 0 Å². The Morgan fingerprint density at radius 2 is 0.597 bits per heavy atom. The van der Waals surface area contributed by atoms with Crippen molar-refractivity contribution in [2.24, 2.45) is 23.7 Å². The summed E-state index contributed by atoms with van der Waals surface area (Å²) in [5, 5.41) is 0. The first kappa shape index (κ1) is 59.8. The molecule has 0 aliphatic rings. The lowest BCUT2D eigenvalue weighted by atomic mass is 10.0. The number of hydrogen-bond acceptors (Lipinski definition) is 11. The van der Waals surface area contributed by atoms with E-state index in [1.165, 1.54) is 0 Å². The molecule has 0 amide bonds. The Kier molecular flexibility index (Phi) is 40.0. The summed E-state index contributed by atoms with van der Waals surface area (Å²) < 4.78 is 22.8. The minimum atomic E-state index is -0.174. The van der Waals surface area contributed by atoms with Crippen LogP contribution in [0.5, 0.6) is 0 Å². The van der Waals surface area contributed by atoms with Crippen LogP contribution in [0.1, 0.15) is 197 Å². The van der Waals surface area contributed by atoms with E-state index in [4.69, 9.17) is 18.9 Å². The number of ether oxygens (including phenoxy) is 4. The monoisotopic (exact) mass is 882 g/mol. The van der Waals surface area contributed by atoms with E-state index in [9.17, 15) is 19.2 Å². The molecule has 11 nitrogen and oxygen atoms in total. The van der Waals surface area contributed by atoms with Gasteiger partial charge in [0.05, 0.1) is 52.1 Å². The normalized spacial score (nSPS) is 13.6. The highest BCUT2D eigenvalue weighted by molar-refractivity contribution is 5.71. The Hall–Kier alpha value is -2.24. The first-order chi connectivity index (χ1) is 30.0. The third kappa shape index (κ3) is 34.2. The fourth-order valence-corrected chi connectivity index (χ4v) is 7.63. The van der Waals surface area contributed by atoms with Gasteiger partial charge in [0.2, 0.25) is 0 Å². The van der Waals surface area contributed by atoms with Crippen molar-refractivity contribution in [3.05, 3.63) is 0 Å². The highest BCUT2D eigenvalue weighted by atomic mass is 16.5. The maximum Gasteiger partial charge on any atom is 0.307 e. The topological polar surface area (TPSA) is 115 Å². The zero-order valence-corrected chi connectivity index (χ0v) is 42.0. The van der Waals surface area contributed by atoms with Crippen molar-refractivity contribution in [1.82, 2.24) is 14.7 Å². The van der Waals surface area contributed by atoms with Gasteiger partial charge in [-0.15, -0.1) is 0 Å². The van der Waals surface area contributed by atoms with E-state index in [-0.39, 0.29) is 23.9 Å². The minimum Gasteiger partial charge on any atom is -0.465 e. The van der Waals surface area contributed by atoms with Crippen molar-refractivity contribution >= 4 is 23.9 Å². The third-order valence-corrected chi connectivity index (χ3v) is 12.7. The van der Waals surface area contributed by atoms with Crippen LogP contribution in [0.2, 0.25) is 0 Å². The second kappa shape index (κ2) is 41.5. The minimum absolute atomic E-state index is 0.174. The number of carbonyl (C=O) groups is 4. The summed E-state index contributed by atoms with van der Waals surface area (Å²) in [5.41, 5.74) is 0. The molecular weight excluding hydrogens is 783 g/mol. The van der Waals surface area contributed by atoms with Gasteiger partial charge < -0.3 is 33.6 Å². The van der Waals surface area contributed by atoms with Crippen molar-refractivity contribution in [1.29, 1.82) is 0 Å². The molecule has 0 saturated heterocycles. The SMILES string of the molecule is CCCCC(CC)COC(=O)CCN(CCCN(C)CCCN(CCC(=O)OCC(CC)CCCC)CCC(=O)OCC(CC)CCCC)CCC(=O)OCC(CC)CCCC. The van der Waals surface area contributed by atoms with Crippen LogP contribution in [-0.2, 0) is 38.1 Å². The lowest BCUT2D eigenvalue weighted by Crippen LogP contribution is -2.34. The predicted octanol–water partition coefficient (Wildman–Crippen LogP) is 10.9. The molecule has 0 N–H and O–H groups in total. The summed E-state index contributed by atoms with van der Waals surface area (Å²) in [6.45, 7) is 24.7. The van der Waals surface area contributed by atoms with Gasteiger partial charge in [-0.25, -0.2) is 0 Å². The van der Waals surface area contributed by atoms with Crippen LogP contribution in [-0.4, -0.2) is 124 Å². The van der Waals surface area contributed by atoms with Crippen molar-refractivity contribution < 1.29 is 38.1 Å². The standard InChI is InChI=1S/C51H99N3O8/c1-10-18-24-44(14-5)40-59-48(55)28-36-53(37-29-49(56)60-41-45(15-6)25-19-11-2)34-22-32-52(9)33-23-35-54(38-30-50(57)61-42-46(16-7)26-20-12-3)39-31-51(58)62-43-47(17-8)27-21-13-4/h44-47H,10-43H2,1-9H3. The molecule has 366 valence electrons. The Labute approximate surface area is 381 Å². The maximum absolute atomic E-state index is 12.8. The first-order valence-electron chi connectivity index (χ1n) is 25.7. The van der Waals surface area contributed by atoms with E-state index in [1.54, 1.807) is 0 Å². The zero-order chi connectivity index (χ0) is 46.2. The molecule has 0 spiro atoms. The summed E-state index contributed by atoms with van der Waals surface area (Å²) in [7, 11) is 2.12. The molecule has 0 fully saturated rings. The van der Waals surface area contributed by atoms with Crippen LogP contribution in [0, 0.1) is 23.7 Å². The molecule has 0 aromatic rings. The van der Waals surface area contributed by atoms with E-state index in [0.29, 0.717) is 102 Å². The summed E-state index contributed by atoms with van der Waals surface area (Å²) in [6.07, 6.45) is 20.5. The van der Waals surface area contributed by atoms with E-state index in [2.05, 4.69) is 77.1 Å². The summed E-state index contributed by atoms with van der Waals surface area (Å²) in [5.74, 6) is 0.922. The molecule has 0 bridgehead atoms. The molecule has 0 aromatic carbocycles. The highest BCUT2D eigenvalue weighted by Gasteiger charge is 2.18. The van der Waals surface area contributed by atoms with Crippen molar-refractivity contribution in [2.75, 3.05) is 85.8 Å². The van der Waals surface area contributed by atoms with Gasteiger partial charge >= 0.3 is 23.9 Å². The van der Waals surface area contributed by atoms with Gasteiger partial charge in [0.15, 0.2) is 0 Å². The fraction of sp³-hybridized carbons (Fsp3) is 0.922.